The number of hydrogen-bond acceptors (Lipinski definition) is 5. The lowest BCUT2D eigenvalue weighted by atomic mass is 9.96. The zero-order valence-electron chi connectivity index (χ0n) is 13.9. The van der Waals surface area contributed by atoms with Crippen molar-refractivity contribution >= 4 is 33.1 Å². The third-order valence-electron chi connectivity index (χ3n) is 4.39. The van der Waals surface area contributed by atoms with Crippen LogP contribution in [0, 0.1) is 19.8 Å². The molecule has 0 aliphatic carbocycles. The summed E-state index contributed by atoms with van der Waals surface area (Å²) in [6.45, 7) is 5.90. The average Bonchev–Trinajstić information content (AvgIpc) is 2.70. The van der Waals surface area contributed by atoms with E-state index in [1.807, 2.05) is 19.9 Å². The predicted octanol–water partition coefficient (Wildman–Crippen LogP) is 0.961. The van der Waals surface area contributed by atoms with E-state index in [1.165, 1.54) is 11.4 Å². The molecule has 8 nitrogen and oxygen atoms in total. The van der Waals surface area contributed by atoms with Crippen molar-refractivity contribution in [3.8, 4) is 0 Å². The second-order valence-electron chi connectivity index (χ2n) is 6.32. The van der Waals surface area contributed by atoms with Gasteiger partial charge in [-0.15, -0.1) is 0 Å². The van der Waals surface area contributed by atoms with Gasteiger partial charge in [0.25, 0.3) is 10.2 Å². The van der Waals surface area contributed by atoms with E-state index in [9.17, 15) is 8.42 Å². The topological polar surface area (TPSA) is 96.8 Å². The van der Waals surface area contributed by atoms with E-state index in [0.29, 0.717) is 23.4 Å². The minimum Gasteiger partial charge on any atom is -0.354 e. The number of nitrogens with zero attached hydrogens (tertiary/aromatic N) is 5. The van der Waals surface area contributed by atoms with Crippen molar-refractivity contribution in [3.63, 3.8) is 0 Å². The highest BCUT2D eigenvalue weighted by Gasteiger charge is 2.31. The Hall–Kier alpha value is -1.42. The molecule has 10 heteroatoms. The lowest BCUT2D eigenvalue weighted by Crippen LogP contribution is -2.49. The van der Waals surface area contributed by atoms with E-state index in [4.69, 9.17) is 16.7 Å². The molecule has 0 saturated carbocycles. The SMILES string of the molecule is Cc1nc(N2CC(CCN(C)S(N)(=O)=O)C2)c2c(C)cc(Cl)n2n1. The smallest absolute Gasteiger partial charge is 0.276 e. The van der Waals surface area contributed by atoms with E-state index in [2.05, 4.69) is 15.0 Å². The first-order valence-electron chi connectivity index (χ1n) is 7.68. The van der Waals surface area contributed by atoms with Crippen molar-refractivity contribution in [1.29, 1.82) is 0 Å². The molecule has 0 atom stereocenters. The molecule has 0 bridgehead atoms. The Morgan fingerprint density at radius 2 is 2.08 bits per heavy atom. The lowest BCUT2D eigenvalue weighted by molar-refractivity contribution is 0.343. The molecule has 1 aliphatic rings. The molecule has 2 N–H and O–H groups in total. The number of rotatable bonds is 5. The summed E-state index contributed by atoms with van der Waals surface area (Å²) < 4.78 is 25.3. The third kappa shape index (κ3) is 3.21. The minimum atomic E-state index is -3.60. The molecule has 0 aromatic carbocycles. The van der Waals surface area contributed by atoms with Crippen molar-refractivity contribution in [2.75, 3.05) is 31.6 Å². The molecule has 2 aromatic rings. The fraction of sp³-hybridized carbons (Fsp3) is 0.571. The molecule has 0 radical (unpaired) electrons. The van der Waals surface area contributed by atoms with Gasteiger partial charge in [0, 0.05) is 26.7 Å². The van der Waals surface area contributed by atoms with Gasteiger partial charge in [-0.3, -0.25) is 0 Å². The normalized spacial score (nSPS) is 16.2. The number of hydrogen-bond donors (Lipinski definition) is 1. The molecule has 1 saturated heterocycles. The molecule has 3 rings (SSSR count). The van der Waals surface area contributed by atoms with Gasteiger partial charge in [0.2, 0.25) is 0 Å². The van der Waals surface area contributed by atoms with Gasteiger partial charge in [0.05, 0.1) is 0 Å². The number of anilines is 1. The number of aromatic nitrogens is 3. The van der Waals surface area contributed by atoms with Crippen LogP contribution in [0.5, 0.6) is 0 Å². The third-order valence-corrected chi connectivity index (χ3v) is 5.71. The fourth-order valence-electron chi connectivity index (χ4n) is 2.96. The van der Waals surface area contributed by atoms with Crippen molar-refractivity contribution in [1.82, 2.24) is 18.9 Å². The molecule has 3 heterocycles. The maximum absolute atomic E-state index is 11.2. The van der Waals surface area contributed by atoms with Gasteiger partial charge >= 0.3 is 0 Å². The van der Waals surface area contributed by atoms with E-state index >= 15 is 0 Å². The van der Waals surface area contributed by atoms with Gasteiger partial charge in [-0.25, -0.2) is 14.6 Å². The Kier molecular flexibility index (Phi) is 4.45. The monoisotopic (exact) mass is 372 g/mol. The maximum Gasteiger partial charge on any atom is 0.276 e. The highest BCUT2D eigenvalue weighted by Crippen LogP contribution is 2.32. The first-order chi connectivity index (χ1) is 11.2. The van der Waals surface area contributed by atoms with E-state index in [0.717, 1.165) is 36.4 Å². The Morgan fingerprint density at radius 3 is 2.71 bits per heavy atom. The second kappa shape index (κ2) is 6.14. The summed E-state index contributed by atoms with van der Waals surface area (Å²) in [7, 11) is -2.11. The van der Waals surface area contributed by atoms with Crippen molar-refractivity contribution in [2.24, 2.45) is 11.1 Å². The summed E-state index contributed by atoms with van der Waals surface area (Å²) in [5, 5.41) is 10.0. The second-order valence-corrected chi connectivity index (χ2v) is 8.36. The molecule has 0 spiro atoms. The standard InChI is InChI=1S/C14H21ClN6O2S/c1-9-6-12(15)21-13(9)14(17-10(2)18-21)20-7-11(8-20)4-5-19(3)24(16,22)23/h6,11H,4-5,7-8H2,1-3H3,(H2,16,22,23). The summed E-state index contributed by atoms with van der Waals surface area (Å²) in [4.78, 5) is 6.75. The highest BCUT2D eigenvalue weighted by atomic mass is 35.5. The first kappa shape index (κ1) is 17.4. The molecule has 0 amide bonds. The van der Waals surface area contributed by atoms with Crippen LogP contribution in [0.15, 0.2) is 6.07 Å². The number of nitrogens with two attached hydrogens (primary N) is 1. The van der Waals surface area contributed by atoms with Gasteiger partial charge in [-0.1, -0.05) is 11.6 Å². The van der Waals surface area contributed by atoms with Gasteiger partial charge < -0.3 is 4.90 Å². The summed E-state index contributed by atoms with van der Waals surface area (Å²) in [6, 6.07) is 1.88. The van der Waals surface area contributed by atoms with Crippen LogP contribution in [-0.2, 0) is 10.2 Å². The van der Waals surface area contributed by atoms with E-state index < -0.39 is 10.2 Å². The largest absolute Gasteiger partial charge is 0.354 e. The summed E-state index contributed by atoms with van der Waals surface area (Å²) in [5.41, 5.74) is 1.96. The molecular formula is C14H21ClN6O2S. The van der Waals surface area contributed by atoms with Crippen molar-refractivity contribution in [2.45, 2.75) is 20.3 Å². The summed E-state index contributed by atoms with van der Waals surface area (Å²) in [5.74, 6) is 1.95. The van der Waals surface area contributed by atoms with Gasteiger partial charge in [0.15, 0.2) is 5.82 Å². The van der Waals surface area contributed by atoms with Crippen LogP contribution in [0.4, 0.5) is 5.82 Å². The van der Waals surface area contributed by atoms with Crippen LogP contribution in [0.3, 0.4) is 0 Å². The summed E-state index contributed by atoms with van der Waals surface area (Å²) >= 11 is 6.22. The maximum atomic E-state index is 11.2. The molecular weight excluding hydrogens is 352 g/mol. The van der Waals surface area contributed by atoms with E-state index in [-0.39, 0.29) is 0 Å². The van der Waals surface area contributed by atoms with Crippen LogP contribution in [0.1, 0.15) is 17.8 Å². The van der Waals surface area contributed by atoms with E-state index in [1.54, 1.807) is 4.52 Å². The van der Waals surface area contributed by atoms with Gasteiger partial charge in [-0.2, -0.15) is 17.8 Å². The predicted molar refractivity (Wildman–Crippen MR) is 93.5 cm³/mol. The molecule has 24 heavy (non-hydrogen) atoms. The van der Waals surface area contributed by atoms with Crippen molar-refractivity contribution in [3.05, 3.63) is 22.6 Å². The van der Waals surface area contributed by atoms with Gasteiger partial charge in [0.1, 0.15) is 16.5 Å². The number of halogens is 1. The number of aryl methyl sites for hydroxylation is 2. The first-order valence-corrected chi connectivity index (χ1v) is 9.56. The molecule has 0 unspecified atom stereocenters. The lowest BCUT2D eigenvalue weighted by Gasteiger charge is -2.41. The number of fused-ring (bicyclic) bond motifs is 1. The molecule has 132 valence electrons. The Labute approximate surface area is 146 Å². The Morgan fingerprint density at radius 1 is 1.42 bits per heavy atom. The molecule has 1 fully saturated rings. The zero-order valence-corrected chi connectivity index (χ0v) is 15.5. The molecule has 1 aliphatic heterocycles. The van der Waals surface area contributed by atoms with Gasteiger partial charge in [-0.05, 0) is 37.8 Å². The highest BCUT2D eigenvalue weighted by molar-refractivity contribution is 7.86. The summed E-state index contributed by atoms with van der Waals surface area (Å²) in [6.07, 6.45) is 0.768. The van der Waals surface area contributed by atoms with Crippen LogP contribution in [0.2, 0.25) is 5.15 Å². The van der Waals surface area contributed by atoms with Crippen LogP contribution in [0.25, 0.3) is 5.52 Å². The zero-order chi connectivity index (χ0) is 17.6. The average molecular weight is 373 g/mol. The van der Waals surface area contributed by atoms with Crippen LogP contribution >= 0.6 is 11.6 Å². The quantitative estimate of drug-likeness (QED) is 0.843. The fourth-order valence-corrected chi connectivity index (χ4v) is 3.61. The van der Waals surface area contributed by atoms with Crippen LogP contribution < -0.4 is 10.0 Å². The Bertz CT molecular complexity index is 875. The van der Waals surface area contributed by atoms with Crippen molar-refractivity contribution < 1.29 is 8.42 Å². The minimum absolute atomic E-state index is 0.412. The Balaban J connectivity index is 1.71. The molecule has 2 aromatic heterocycles. The van der Waals surface area contributed by atoms with Crippen LogP contribution in [-0.4, -0.2) is 54.0 Å².